The van der Waals surface area contributed by atoms with Crippen LogP contribution < -0.4 is 25.8 Å². The lowest BCUT2D eigenvalue weighted by molar-refractivity contribution is -0.114. The molecule has 0 aliphatic carbocycles. The Balaban J connectivity index is 0.00000338. The summed E-state index contributed by atoms with van der Waals surface area (Å²) in [6.45, 7) is 2.20. The normalized spacial score (nSPS) is 10.5. The van der Waals surface area contributed by atoms with Gasteiger partial charge in [0.05, 0.1) is 19.3 Å². The van der Waals surface area contributed by atoms with Crippen LogP contribution in [0.15, 0.2) is 53.5 Å². The van der Waals surface area contributed by atoms with E-state index in [9.17, 15) is 4.79 Å². The third kappa shape index (κ3) is 7.18. The van der Waals surface area contributed by atoms with Gasteiger partial charge in [-0.05, 0) is 24.3 Å². The fourth-order valence-corrected chi connectivity index (χ4v) is 2.12. The molecule has 140 valence electrons. The fourth-order valence-electron chi connectivity index (χ4n) is 2.12. The first kappa shape index (κ1) is 21.6. The Labute approximate surface area is 170 Å². The van der Waals surface area contributed by atoms with Gasteiger partial charge in [0.2, 0.25) is 5.91 Å². The highest BCUT2D eigenvalue weighted by Gasteiger charge is 2.02. The lowest BCUT2D eigenvalue weighted by Crippen LogP contribution is -2.23. The highest BCUT2D eigenvalue weighted by molar-refractivity contribution is 14.0. The van der Waals surface area contributed by atoms with E-state index in [0.29, 0.717) is 30.3 Å². The van der Waals surface area contributed by atoms with Gasteiger partial charge in [-0.25, -0.2) is 4.99 Å². The molecule has 2 aromatic carbocycles. The lowest BCUT2D eigenvalue weighted by atomic mass is 10.3. The molecule has 0 aromatic heterocycles. The third-order valence-electron chi connectivity index (χ3n) is 3.17. The van der Waals surface area contributed by atoms with Gasteiger partial charge in [-0.1, -0.05) is 18.2 Å². The zero-order valence-corrected chi connectivity index (χ0v) is 17.0. The summed E-state index contributed by atoms with van der Waals surface area (Å²) in [4.78, 5) is 15.3. The molecule has 0 fully saturated rings. The maximum Gasteiger partial charge on any atom is 0.221 e. The predicted octanol–water partition coefficient (Wildman–Crippen LogP) is 3.08. The van der Waals surface area contributed by atoms with E-state index in [1.165, 1.54) is 6.92 Å². The number of ether oxygens (including phenoxy) is 2. The van der Waals surface area contributed by atoms with E-state index in [2.05, 4.69) is 15.6 Å². The van der Waals surface area contributed by atoms with Gasteiger partial charge in [0, 0.05) is 18.7 Å². The zero-order valence-electron chi connectivity index (χ0n) is 14.7. The second-order valence-corrected chi connectivity index (χ2v) is 5.15. The Bertz CT molecular complexity index is 753. The van der Waals surface area contributed by atoms with Gasteiger partial charge in [-0.3, -0.25) is 4.79 Å². The van der Waals surface area contributed by atoms with Gasteiger partial charge in [0.15, 0.2) is 5.96 Å². The molecule has 0 aliphatic heterocycles. The second kappa shape index (κ2) is 11.2. The highest BCUT2D eigenvalue weighted by atomic mass is 127. The van der Waals surface area contributed by atoms with Crippen molar-refractivity contribution >= 4 is 47.2 Å². The fraction of sp³-hybridized carbons (Fsp3) is 0.222. The van der Waals surface area contributed by atoms with Crippen molar-refractivity contribution in [2.24, 2.45) is 10.7 Å². The molecule has 4 N–H and O–H groups in total. The monoisotopic (exact) mass is 470 g/mol. The summed E-state index contributed by atoms with van der Waals surface area (Å²) in [5.41, 5.74) is 7.30. The molecule has 2 rings (SSSR count). The number of benzene rings is 2. The number of rotatable bonds is 7. The van der Waals surface area contributed by atoms with Crippen LogP contribution in [-0.2, 0) is 4.79 Å². The summed E-state index contributed by atoms with van der Waals surface area (Å²) in [6, 6.07) is 14.6. The van der Waals surface area contributed by atoms with Crippen LogP contribution in [0.4, 0.5) is 11.4 Å². The van der Waals surface area contributed by atoms with Crippen LogP contribution in [0.25, 0.3) is 0 Å². The van der Waals surface area contributed by atoms with Crippen molar-refractivity contribution in [3.63, 3.8) is 0 Å². The predicted molar refractivity (Wildman–Crippen MR) is 115 cm³/mol. The summed E-state index contributed by atoms with van der Waals surface area (Å²) in [5, 5.41) is 5.69. The molecule has 0 atom stereocenters. The lowest BCUT2D eigenvalue weighted by Gasteiger charge is -2.10. The van der Waals surface area contributed by atoms with Gasteiger partial charge in [0.1, 0.15) is 18.1 Å². The maximum atomic E-state index is 11.1. The first-order valence-corrected chi connectivity index (χ1v) is 7.79. The number of halogens is 1. The molecule has 0 radical (unpaired) electrons. The SMILES string of the molecule is COc1ccccc1NC(N)=NCCOc1cccc(NC(C)=O)c1.I. The van der Waals surface area contributed by atoms with Crippen LogP contribution in [0.1, 0.15) is 6.92 Å². The summed E-state index contributed by atoms with van der Waals surface area (Å²) >= 11 is 0. The zero-order chi connectivity index (χ0) is 18.1. The van der Waals surface area contributed by atoms with E-state index in [1.54, 1.807) is 19.2 Å². The molecule has 0 spiro atoms. The Morgan fingerprint density at radius 2 is 1.92 bits per heavy atom. The Kier molecular flexibility index (Phi) is 9.27. The summed E-state index contributed by atoms with van der Waals surface area (Å²) < 4.78 is 10.8. The molecule has 0 unspecified atom stereocenters. The molecule has 0 bridgehead atoms. The van der Waals surface area contributed by atoms with Crippen molar-refractivity contribution in [2.75, 3.05) is 30.9 Å². The smallest absolute Gasteiger partial charge is 0.221 e. The number of anilines is 2. The molecular formula is C18H23IN4O3. The van der Waals surface area contributed by atoms with Gasteiger partial charge < -0.3 is 25.8 Å². The molecule has 26 heavy (non-hydrogen) atoms. The van der Waals surface area contributed by atoms with Crippen molar-refractivity contribution < 1.29 is 14.3 Å². The average molecular weight is 470 g/mol. The number of carbonyl (C=O) groups is 1. The minimum atomic E-state index is -0.128. The number of hydrogen-bond acceptors (Lipinski definition) is 4. The molecule has 0 saturated carbocycles. The maximum absolute atomic E-state index is 11.1. The van der Waals surface area contributed by atoms with Crippen LogP contribution in [0.5, 0.6) is 11.5 Å². The highest BCUT2D eigenvalue weighted by Crippen LogP contribution is 2.22. The molecule has 0 aliphatic rings. The number of nitrogens with one attached hydrogen (secondary N) is 2. The van der Waals surface area contributed by atoms with Crippen LogP contribution in [-0.4, -0.2) is 32.1 Å². The second-order valence-electron chi connectivity index (χ2n) is 5.15. The quantitative estimate of drug-likeness (QED) is 0.250. The number of aliphatic imine (C=N–C) groups is 1. The molecule has 2 aromatic rings. The van der Waals surface area contributed by atoms with E-state index in [0.717, 1.165) is 5.69 Å². The van der Waals surface area contributed by atoms with Crippen molar-refractivity contribution in [2.45, 2.75) is 6.92 Å². The molecule has 0 saturated heterocycles. The standard InChI is InChI=1S/C18H22N4O3.HI/c1-13(23)21-14-6-5-7-15(12-14)25-11-10-20-18(19)22-16-8-3-4-9-17(16)24-2;/h3-9,12H,10-11H2,1-2H3,(H,21,23)(H3,19,20,22);1H. The van der Waals surface area contributed by atoms with Crippen LogP contribution in [0.3, 0.4) is 0 Å². The van der Waals surface area contributed by atoms with Crippen molar-refractivity contribution in [1.82, 2.24) is 0 Å². The number of carbonyl (C=O) groups excluding carboxylic acids is 1. The van der Waals surface area contributed by atoms with Gasteiger partial charge in [-0.2, -0.15) is 0 Å². The number of nitrogens with two attached hydrogens (primary N) is 1. The minimum Gasteiger partial charge on any atom is -0.495 e. The average Bonchev–Trinajstić information content (AvgIpc) is 2.59. The largest absolute Gasteiger partial charge is 0.495 e. The van der Waals surface area contributed by atoms with Crippen LogP contribution in [0.2, 0.25) is 0 Å². The van der Waals surface area contributed by atoms with E-state index < -0.39 is 0 Å². The van der Waals surface area contributed by atoms with E-state index in [-0.39, 0.29) is 35.8 Å². The minimum absolute atomic E-state index is 0. The first-order valence-electron chi connectivity index (χ1n) is 7.79. The van der Waals surface area contributed by atoms with Gasteiger partial charge in [-0.15, -0.1) is 24.0 Å². The van der Waals surface area contributed by atoms with Crippen molar-refractivity contribution in [3.8, 4) is 11.5 Å². The van der Waals surface area contributed by atoms with Gasteiger partial charge in [0.25, 0.3) is 0 Å². The van der Waals surface area contributed by atoms with E-state index in [4.69, 9.17) is 15.2 Å². The Morgan fingerprint density at radius 1 is 1.15 bits per heavy atom. The topological polar surface area (TPSA) is 98.0 Å². The first-order chi connectivity index (χ1) is 12.1. The van der Waals surface area contributed by atoms with E-state index in [1.807, 2.05) is 36.4 Å². The molecular weight excluding hydrogens is 447 g/mol. The van der Waals surface area contributed by atoms with E-state index >= 15 is 0 Å². The number of hydrogen-bond donors (Lipinski definition) is 3. The number of guanidine groups is 1. The summed E-state index contributed by atoms with van der Waals surface area (Å²) in [5.74, 6) is 1.49. The van der Waals surface area contributed by atoms with Crippen LogP contribution >= 0.6 is 24.0 Å². The number of amides is 1. The molecule has 1 amide bonds. The van der Waals surface area contributed by atoms with Crippen LogP contribution in [0, 0.1) is 0 Å². The van der Waals surface area contributed by atoms with Crippen molar-refractivity contribution in [1.29, 1.82) is 0 Å². The molecule has 0 heterocycles. The van der Waals surface area contributed by atoms with Gasteiger partial charge >= 0.3 is 0 Å². The Hall–Kier alpha value is -2.49. The Morgan fingerprint density at radius 3 is 2.65 bits per heavy atom. The molecule has 8 heteroatoms. The molecule has 7 nitrogen and oxygen atoms in total. The number of nitrogens with zero attached hydrogens (tertiary/aromatic N) is 1. The summed E-state index contributed by atoms with van der Waals surface area (Å²) in [7, 11) is 1.59. The number of methoxy groups -OCH3 is 1. The summed E-state index contributed by atoms with van der Waals surface area (Å²) in [6.07, 6.45) is 0. The number of para-hydroxylation sites is 2. The van der Waals surface area contributed by atoms with Crippen molar-refractivity contribution in [3.05, 3.63) is 48.5 Å². The third-order valence-corrected chi connectivity index (χ3v) is 3.17.